The number of anilines is 2. The van der Waals surface area contributed by atoms with Crippen LogP contribution in [0.25, 0.3) is 0 Å². The highest BCUT2D eigenvalue weighted by atomic mass is 16.5. The van der Waals surface area contributed by atoms with E-state index in [0.29, 0.717) is 17.0 Å². The fourth-order valence-electron chi connectivity index (χ4n) is 2.76. The lowest BCUT2D eigenvalue weighted by molar-refractivity contribution is 0.306. The average Bonchev–Trinajstić information content (AvgIpc) is 2.87. The largest absolute Gasteiger partial charge is 0.481 e. The normalized spacial score (nSPS) is 17.7. The summed E-state index contributed by atoms with van der Waals surface area (Å²) in [5.41, 5.74) is 7.04. The van der Waals surface area contributed by atoms with E-state index < -0.39 is 0 Å². The minimum absolute atomic E-state index is 0.428. The summed E-state index contributed by atoms with van der Waals surface area (Å²) in [5.74, 6) is 1.35. The Labute approximate surface area is 109 Å². The van der Waals surface area contributed by atoms with Gasteiger partial charge in [0, 0.05) is 12.6 Å². The Morgan fingerprint density at radius 1 is 1.39 bits per heavy atom. The Balaban J connectivity index is 2.05. The number of nitrogens with zero attached hydrogens (tertiary/aromatic N) is 1. The van der Waals surface area contributed by atoms with Crippen LogP contribution in [0, 0.1) is 5.41 Å². The van der Waals surface area contributed by atoms with E-state index in [1.165, 1.54) is 32.1 Å². The van der Waals surface area contributed by atoms with Gasteiger partial charge in [-0.2, -0.15) is 4.98 Å². The van der Waals surface area contributed by atoms with Gasteiger partial charge < -0.3 is 15.8 Å². The van der Waals surface area contributed by atoms with Gasteiger partial charge in [0.2, 0.25) is 5.88 Å². The first-order valence-electron chi connectivity index (χ1n) is 6.73. The van der Waals surface area contributed by atoms with E-state index in [1.54, 1.807) is 13.2 Å². The quantitative estimate of drug-likeness (QED) is 0.842. The summed E-state index contributed by atoms with van der Waals surface area (Å²) in [7, 11) is 1.62. The first-order chi connectivity index (χ1) is 8.69. The fraction of sp³-hybridized carbons (Fsp3) is 0.643. The van der Waals surface area contributed by atoms with Gasteiger partial charge >= 0.3 is 0 Å². The van der Waals surface area contributed by atoms with E-state index in [2.05, 4.69) is 17.2 Å². The molecule has 1 saturated carbocycles. The molecule has 0 saturated heterocycles. The topological polar surface area (TPSA) is 60.2 Å². The molecule has 2 rings (SSSR count). The van der Waals surface area contributed by atoms with E-state index in [4.69, 9.17) is 10.5 Å². The van der Waals surface area contributed by atoms with Crippen molar-refractivity contribution < 1.29 is 4.74 Å². The van der Waals surface area contributed by atoms with Crippen molar-refractivity contribution in [1.29, 1.82) is 0 Å². The van der Waals surface area contributed by atoms with E-state index >= 15 is 0 Å². The number of nitrogens with two attached hydrogens (primary N) is 1. The van der Waals surface area contributed by atoms with Gasteiger partial charge in [-0.1, -0.05) is 19.8 Å². The predicted molar refractivity (Wildman–Crippen MR) is 74.9 cm³/mol. The van der Waals surface area contributed by atoms with Gasteiger partial charge in [-0.05, 0) is 30.7 Å². The van der Waals surface area contributed by atoms with Crippen molar-refractivity contribution in [2.24, 2.45) is 5.41 Å². The SMILES string of the molecule is CCC1(CNc2nc(OC)ccc2N)CCCC1. The zero-order valence-electron chi connectivity index (χ0n) is 11.3. The van der Waals surface area contributed by atoms with Crippen molar-refractivity contribution in [2.75, 3.05) is 24.7 Å². The Morgan fingerprint density at radius 2 is 2.11 bits per heavy atom. The number of ether oxygens (including phenoxy) is 1. The molecule has 1 aromatic rings. The van der Waals surface area contributed by atoms with Crippen LogP contribution < -0.4 is 15.8 Å². The van der Waals surface area contributed by atoms with Crippen molar-refractivity contribution in [3.8, 4) is 5.88 Å². The predicted octanol–water partition coefficient (Wildman–Crippen LogP) is 3.05. The Morgan fingerprint density at radius 3 is 2.72 bits per heavy atom. The molecule has 1 aliphatic rings. The maximum Gasteiger partial charge on any atom is 0.215 e. The van der Waals surface area contributed by atoms with Crippen LogP contribution in [0.5, 0.6) is 5.88 Å². The zero-order chi connectivity index (χ0) is 13.0. The van der Waals surface area contributed by atoms with E-state index in [1.807, 2.05) is 6.07 Å². The maximum absolute atomic E-state index is 5.93. The highest BCUT2D eigenvalue weighted by molar-refractivity contribution is 5.62. The van der Waals surface area contributed by atoms with Crippen LogP contribution in [0.2, 0.25) is 0 Å². The van der Waals surface area contributed by atoms with Crippen LogP contribution in [0.4, 0.5) is 11.5 Å². The summed E-state index contributed by atoms with van der Waals surface area (Å²) in [5, 5.41) is 3.41. The Bertz CT molecular complexity index is 400. The minimum atomic E-state index is 0.428. The molecule has 0 unspecified atom stereocenters. The number of pyridine rings is 1. The highest BCUT2D eigenvalue weighted by Gasteiger charge is 2.31. The third-order valence-corrected chi connectivity index (χ3v) is 4.16. The van der Waals surface area contributed by atoms with Crippen LogP contribution >= 0.6 is 0 Å². The summed E-state index contributed by atoms with van der Waals surface area (Å²) < 4.78 is 5.13. The van der Waals surface area contributed by atoms with Gasteiger partial charge in [0.25, 0.3) is 0 Å². The molecule has 1 heterocycles. The van der Waals surface area contributed by atoms with Gasteiger partial charge in [-0.15, -0.1) is 0 Å². The molecule has 0 amide bonds. The van der Waals surface area contributed by atoms with Crippen LogP contribution in [-0.2, 0) is 0 Å². The van der Waals surface area contributed by atoms with Gasteiger partial charge in [0.15, 0.2) is 5.82 Å². The monoisotopic (exact) mass is 249 g/mol. The van der Waals surface area contributed by atoms with Crippen LogP contribution in [0.15, 0.2) is 12.1 Å². The highest BCUT2D eigenvalue weighted by Crippen LogP contribution is 2.41. The molecule has 4 heteroatoms. The molecule has 0 atom stereocenters. The lowest BCUT2D eigenvalue weighted by Crippen LogP contribution is -2.26. The average molecular weight is 249 g/mol. The van der Waals surface area contributed by atoms with Crippen molar-refractivity contribution in [2.45, 2.75) is 39.0 Å². The van der Waals surface area contributed by atoms with Crippen molar-refractivity contribution in [3.05, 3.63) is 12.1 Å². The Hall–Kier alpha value is -1.45. The second-order valence-corrected chi connectivity index (χ2v) is 5.21. The zero-order valence-corrected chi connectivity index (χ0v) is 11.3. The molecule has 4 nitrogen and oxygen atoms in total. The standard InChI is InChI=1S/C14H23N3O/c1-3-14(8-4-5-9-14)10-16-13-11(15)6-7-12(17-13)18-2/h6-7H,3-5,8-10,15H2,1-2H3,(H,16,17). The van der Waals surface area contributed by atoms with Crippen molar-refractivity contribution in [3.63, 3.8) is 0 Å². The summed E-state index contributed by atoms with van der Waals surface area (Å²) in [6.07, 6.45) is 6.51. The molecule has 1 aliphatic carbocycles. The van der Waals surface area contributed by atoms with E-state index in [9.17, 15) is 0 Å². The van der Waals surface area contributed by atoms with Crippen molar-refractivity contribution in [1.82, 2.24) is 4.98 Å². The number of aromatic nitrogens is 1. The van der Waals surface area contributed by atoms with Gasteiger partial charge in [-0.25, -0.2) is 0 Å². The van der Waals surface area contributed by atoms with Crippen LogP contribution in [-0.4, -0.2) is 18.6 Å². The molecule has 1 fully saturated rings. The molecule has 0 aliphatic heterocycles. The minimum Gasteiger partial charge on any atom is -0.481 e. The summed E-state index contributed by atoms with van der Waals surface area (Å²) >= 11 is 0. The molecule has 0 aromatic carbocycles. The van der Waals surface area contributed by atoms with Gasteiger partial charge in [0.05, 0.1) is 12.8 Å². The van der Waals surface area contributed by atoms with E-state index in [-0.39, 0.29) is 0 Å². The number of nitrogens with one attached hydrogen (secondary N) is 1. The smallest absolute Gasteiger partial charge is 0.215 e. The number of nitrogen functional groups attached to an aromatic ring is 1. The second-order valence-electron chi connectivity index (χ2n) is 5.21. The third-order valence-electron chi connectivity index (χ3n) is 4.16. The molecule has 0 bridgehead atoms. The summed E-state index contributed by atoms with van der Waals surface area (Å²) in [6.45, 7) is 3.23. The maximum atomic E-state index is 5.93. The second kappa shape index (κ2) is 5.46. The number of hydrogen-bond donors (Lipinski definition) is 2. The molecular formula is C14H23N3O. The van der Waals surface area contributed by atoms with Crippen LogP contribution in [0.3, 0.4) is 0 Å². The lowest BCUT2D eigenvalue weighted by Gasteiger charge is -2.28. The van der Waals surface area contributed by atoms with E-state index in [0.717, 1.165) is 12.4 Å². The molecule has 3 N–H and O–H groups in total. The lowest BCUT2D eigenvalue weighted by atomic mass is 9.83. The first kappa shape index (κ1) is 13.0. The number of hydrogen-bond acceptors (Lipinski definition) is 4. The molecule has 100 valence electrons. The fourth-order valence-corrected chi connectivity index (χ4v) is 2.76. The third kappa shape index (κ3) is 2.68. The Kier molecular flexibility index (Phi) is 3.94. The summed E-state index contributed by atoms with van der Waals surface area (Å²) in [4.78, 5) is 4.36. The summed E-state index contributed by atoms with van der Waals surface area (Å²) in [6, 6.07) is 3.62. The van der Waals surface area contributed by atoms with Crippen LogP contribution in [0.1, 0.15) is 39.0 Å². The van der Waals surface area contributed by atoms with Gasteiger partial charge in [-0.3, -0.25) is 0 Å². The molecule has 18 heavy (non-hydrogen) atoms. The first-order valence-corrected chi connectivity index (χ1v) is 6.73. The molecular weight excluding hydrogens is 226 g/mol. The molecule has 0 radical (unpaired) electrons. The van der Waals surface area contributed by atoms with Gasteiger partial charge in [0.1, 0.15) is 0 Å². The van der Waals surface area contributed by atoms with Crippen molar-refractivity contribution >= 4 is 11.5 Å². The molecule has 1 aromatic heterocycles. The number of methoxy groups -OCH3 is 1. The number of rotatable bonds is 5. The molecule has 0 spiro atoms.